The van der Waals surface area contributed by atoms with Crippen LogP contribution in [-0.4, -0.2) is 28.0 Å². The second-order valence-electron chi connectivity index (χ2n) is 6.72. The minimum atomic E-state index is 0.607. The van der Waals surface area contributed by atoms with E-state index in [1.807, 2.05) is 6.20 Å². The minimum absolute atomic E-state index is 0.607. The van der Waals surface area contributed by atoms with Gasteiger partial charge in [0.15, 0.2) is 0 Å². The average molecular weight is 325 g/mol. The molecule has 0 aliphatic carbocycles. The highest BCUT2D eigenvalue weighted by atomic mass is 32.1. The predicted octanol–water partition coefficient (Wildman–Crippen LogP) is 4.62. The fraction of sp³-hybridized carbons (Fsp3) is 0.421. The molecule has 120 valence electrons. The molecule has 2 aromatic heterocycles. The highest BCUT2D eigenvalue weighted by Gasteiger charge is 2.24. The van der Waals surface area contributed by atoms with Gasteiger partial charge in [-0.1, -0.05) is 11.6 Å². The summed E-state index contributed by atoms with van der Waals surface area (Å²) in [7, 11) is 0. The van der Waals surface area contributed by atoms with Crippen LogP contribution in [0.3, 0.4) is 0 Å². The van der Waals surface area contributed by atoms with E-state index in [2.05, 4.69) is 52.3 Å². The van der Waals surface area contributed by atoms with Gasteiger partial charge in [0.2, 0.25) is 0 Å². The van der Waals surface area contributed by atoms with Gasteiger partial charge in [-0.15, -0.1) is 11.3 Å². The molecule has 1 aromatic carbocycles. The van der Waals surface area contributed by atoms with E-state index in [4.69, 9.17) is 0 Å². The molecule has 1 aliphatic heterocycles. The van der Waals surface area contributed by atoms with Crippen molar-refractivity contribution >= 4 is 22.2 Å². The lowest BCUT2D eigenvalue weighted by Crippen LogP contribution is -2.34. The summed E-state index contributed by atoms with van der Waals surface area (Å²) >= 11 is 1.80. The molecule has 3 heterocycles. The Bertz CT molecular complexity index is 803. The summed E-state index contributed by atoms with van der Waals surface area (Å²) < 4.78 is 0. The molecule has 0 radical (unpaired) electrons. The number of piperidine rings is 1. The van der Waals surface area contributed by atoms with Crippen molar-refractivity contribution < 1.29 is 0 Å². The van der Waals surface area contributed by atoms with Gasteiger partial charge in [-0.2, -0.15) is 0 Å². The van der Waals surface area contributed by atoms with Gasteiger partial charge in [-0.05, 0) is 50.9 Å². The standard InChI is InChI=1S/C19H23N3S/c1-13-5-6-17-16(10-13)14(2)18(21-17)12-22-8-3-4-15(11-22)19-20-7-9-23-19/h5-7,9-10,15,21H,3-4,8,11-12H2,1-2H3. The predicted molar refractivity (Wildman–Crippen MR) is 97.1 cm³/mol. The fourth-order valence-electron chi connectivity index (χ4n) is 3.71. The first-order valence-corrected chi connectivity index (χ1v) is 9.28. The Kier molecular flexibility index (Phi) is 3.95. The molecular formula is C19H23N3S. The van der Waals surface area contributed by atoms with Gasteiger partial charge in [0.05, 0.1) is 5.01 Å². The maximum atomic E-state index is 4.53. The number of H-pyrrole nitrogens is 1. The molecule has 1 unspecified atom stereocenters. The van der Waals surface area contributed by atoms with E-state index in [0.717, 1.165) is 13.1 Å². The summed E-state index contributed by atoms with van der Waals surface area (Å²) in [5, 5.41) is 4.77. The number of aromatic nitrogens is 2. The van der Waals surface area contributed by atoms with Gasteiger partial charge in [-0.3, -0.25) is 4.90 Å². The average Bonchev–Trinajstić information content (AvgIpc) is 3.18. The van der Waals surface area contributed by atoms with Crippen molar-refractivity contribution in [3.8, 4) is 0 Å². The van der Waals surface area contributed by atoms with E-state index in [9.17, 15) is 0 Å². The number of thiazole rings is 1. The van der Waals surface area contributed by atoms with Crippen LogP contribution in [0.2, 0.25) is 0 Å². The van der Waals surface area contributed by atoms with E-state index >= 15 is 0 Å². The largest absolute Gasteiger partial charge is 0.357 e. The van der Waals surface area contributed by atoms with Gasteiger partial charge in [0.1, 0.15) is 0 Å². The molecule has 3 nitrogen and oxygen atoms in total. The molecule has 1 saturated heterocycles. The summed E-state index contributed by atoms with van der Waals surface area (Å²) in [4.78, 5) is 10.7. The quantitative estimate of drug-likeness (QED) is 0.762. The summed E-state index contributed by atoms with van der Waals surface area (Å²) in [5.74, 6) is 0.607. The number of likely N-dealkylation sites (tertiary alicyclic amines) is 1. The number of nitrogens with one attached hydrogen (secondary N) is 1. The Morgan fingerprint density at radius 2 is 2.26 bits per heavy atom. The maximum absolute atomic E-state index is 4.53. The molecular weight excluding hydrogens is 302 g/mol. The zero-order chi connectivity index (χ0) is 15.8. The van der Waals surface area contributed by atoms with Crippen molar-refractivity contribution in [1.82, 2.24) is 14.9 Å². The molecule has 0 amide bonds. The number of rotatable bonds is 3. The second-order valence-corrected chi connectivity index (χ2v) is 7.65. The van der Waals surface area contributed by atoms with Crippen molar-refractivity contribution in [3.63, 3.8) is 0 Å². The van der Waals surface area contributed by atoms with E-state index in [-0.39, 0.29) is 0 Å². The van der Waals surface area contributed by atoms with Gasteiger partial charge >= 0.3 is 0 Å². The van der Waals surface area contributed by atoms with Crippen LogP contribution in [-0.2, 0) is 6.54 Å². The number of hydrogen-bond donors (Lipinski definition) is 1. The molecule has 0 spiro atoms. The van der Waals surface area contributed by atoms with Crippen LogP contribution in [0.5, 0.6) is 0 Å². The highest BCUT2D eigenvalue weighted by molar-refractivity contribution is 7.09. The minimum Gasteiger partial charge on any atom is -0.357 e. The van der Waals surface area contributed by atoms with Crippen LogP contribution in [0.15, 0.2) is 29.8 Å². The lowest BCUT2D eigenvalue weighted by atomic mass is 9.98. The van der Waals surface area contributed by atoms with Gasteiger partial charge in [0.25, 0.3) is 0 Å². The Morgan fingerprint density at radius 1 is 1.35 bits per heavy atom. The molecule has 4 rings (SSSR count). The number of benzene rings is 1. The third kappa shape index (κ3) is 2.93. The van der Waals surface area contributed by atoms with Crippen LogP contribution in [0.1, 0.15) is 40.6 Å². The van der Waals surface area contributed by atoms with Crippen molar-refractivity contribution in [2.24, 2.45) is 0 Å². The van der Waals surface area contributed by atoms with Crippen molar-refractivity contribution in [1.29, 1.82) is 0 Å². The zero-order valence-corrected chi connectivity index (χ0v) is 14.6. The molecule has 3 aromatic rings. The summed E-state index contributed by atoms with van der Waals surface area (Å²) in [6, 6.07) is 6.68. The maximum Gasteiger partial charge on any atom is 0.0968 e. The Hall–Kier alpha value is -1.65. The van der Waals surface area contributed by atoms with Crippen LogP contribution < -0.4 is 0 Å². The Labute approximate surface area is 141 Å². The number of aromatic amines is 1. The highest BCUT2D eigenvalue weighted by Crippen LogP contribution is 2.30. The molecule has 1 fully saturated rings. The SMILES string of the molecule is Cc1ccc2[nH]c(CN3CCCC(c4nccs4)C3)c(C)c2c1. The van der Waals surface area contributed by atoms with Gasteiger partial charge in [0, 0.05) is 47.2 Å². The smallest absolute Gasteiger partial charge is 0.0968 e. The number of fused-ring (bicyclic) bond motifs is 1. The molecule has 1 aliphatic rings. The molecule has 1 atom stereocenters. The Morgan fingerprint density at radius 3 is 3.09 bits per heavy atom. The first-order chi connectivity index (χ1) is 11.2. The van der Waals surface area contributed by atoms with E-state index in [0.29, 0.717) is 5.92 Å². The van der Waals surface area contributed by atoms with Crippen LogP contribution in [0, 0.1) is 13.8 Å². The molecule has 23 heavy (non-hydrogen) atoms. The monoisotopic (exact) mass is 325 g/mol. The zero-order valence-electron chi connectivity index (χ0n) is 13.8. The Balaban J connectivity index is 1.54. The van der Waals surface area contributed by atoms with Crippen LogP contribution in [0.25, 0.3) is 10.9 Å². The van der Waals surface area contributed by atoms with E-state index in [1.165, 1.54) is 52.1 Å². The van der Waals surface area contributed by atoms with E-state index in [1.54, 1.807) is 11.3 Å². The van der Waals surface area contributed by atoms with Gasteiger partial charge < -0.3 is 4.98 Å². The number of hydrogen-bond acceptors (Lipinski definition) is 3. The molecule has 0 bridgehead atoms. The molecule has 1 N–H and O–H groups in total. The lowest BCUT2D eigenvalue weighted by molar-refractivity contribution is 0.198. The number of nitrogens with zero attached hydrogens (tertiary/aromatic N) is 2. The first-order valence-electron chi connectivity index (χ1n) is 8.40. The van der Waals surface area contributed by atoms with Crippen molar-refractivity contribution in [2.75, 3.05) is 13.1 Å². The summed E-state index contributed by atoms with van der Waals surface area (Å²) in [6.45, 7) is 7.74. The molecule has 4 heteroatoms. The fourth-order valence-corrected chi connectivity index (χ4v) is 4.48. The van der Waals surface area contributed by atoms with Crippen LogP contribution in [0.4, 0.5) is 0 Å². The second kappa shape index (κ2) is 6.10. The normalized spacial score (nSPS) is 19.5. The third-order valence-electron chi connectivity index (χ3n) is 5.01. The molecule has 0 saturated carbocycles. The van der Waals surface area contributed by atoms with E-state index < -0.39 is 0 Å². The topological polar surface area (TPSA) is 31.9 Å². The first kappa shape index (κ1) is 14.9. The van der Waals surface area contributed by atoms with Crippen LogP contribution >= 0.6 is 11.3 Å². The van der Waals surface area contributed by atoms with Crippen molar-refractivity contribution in [3.05, 3.63) is 51.6 Å². The lowest BCUT2D eigenvalue weighted by Gasteiger charge is -2.31. The third-order valence-corrected chi connectivity index (χ3v) is 5.94. The summed E-state index contributed by atoms with van der Waals surface area (Å²) in [5.41, 5.74) is 5.36. The van der Waals surface area contributed by atoms with Gasteiger partial charge in [-0.25, -0.2) is 4.98 Å². The summed E-state index contributed by atoms with van der Waals surface area (Å²) in [6.07, 6.45) is 4.47. The number of aryl methyl sites for hydroxylation is 2. The van der Waals surface area contributed by atoms with Crippen molar-refractivity contribution in [2.45, 2.75) is 39.2 Å².